The maximum Gasteiger partial charge on any atom is 0.304 e. The molecule has 0 bridgehead atoms. The minimum atomic E-state index is -0.738. The van der Waals surface area contributed by atoms with Crippen LogP contribution in [0.25, 0.3) is 0 Å². The second-order valence-electron chi connectivity index (χ2n) is 3.16. The molecular formula is C7H14N2O2. The van der Waals surface area contributed by atoms with Crippen LogP contribution in [0.5, 0.6) is 0 Å². The smallest absolute Gasteiger partial charge is 0.304 e. The Hall–Kier alpha value is -0.610. The maximum atomic E-state index is 10.3. The molecule has 0 saturated carbocycles. The predicted octanol–water partition coefficient (Wildman–Crippen LogP) is -0.507. The maximum absolute atomic E-state index is 10.3. The van der Waals surface area contributed by atoms with Crippen LogP contribution < -0.4 is 5.73 Å². The molecule has 0 amide bonds. The van der Waals surface area contributed by atoms with Crippen molar-refractivity contribution in [3.8, 4) is 0 Å². The number of likely N-dealkylation sites (tertiary alicyclic amines) is 1. The van der Waals surface area contributed by atoms with E-state index in [4.69, 9.17) is 10.8 Å². The van der Waals surface area contributed by atoms with E-state index in [1.807, 2.05) is 6.92 Å². The topological polar surface area (TPSA) is 66.6 Å². The fourth-order valence-electron chi connectivity index (χ4n) is 1.29. The van der Waals surface area contributed by atoms with E-state index in [0.29, 0.717) is 0 Å². The lowest BCUT2D eigenvalue weighted by Gasteiger charge is -2.40. The number of nitrogens with two attached hydrogens (primary N) is 1. The summed E-state index contributed by atoms with van der Waals surface area (Å²) in [5.41, 5.74) is 5.55. The fourth-order valence-corrected chi connectivity index (χ4v) is 1.29. The molecule has 0 spiro atoms. The fraction of sp³-hybridized carbons (Fsp3) is 0.857. The van der Waals surface area contributed by atoms with E-state index in [-0.39, 0.29) is 18.5 Å². The zero-order chi connectivity index (χ0) is 8.43. The summed E-state index contributed by atoms with van der Waals surface area (Å²) in [4.78, 5) is 12.4. The molecular weight excluding hydrogens is 144 g/mol. The molecule has 1 unspecified atom stereocenters. The first kappa shape index (κ1) is 8.49. The lowest BCUT2D eigenvalue weighted by molar-refractivity contribution is -0.138. The highest BCUT2D eigenvalue weighted by atomic mass is 16.4. The van der Waals surface area contributed by atoms with Crippen molar-refractivity contribution in [3.05, 3.63) is 0 Å². The number of carboxylic acids is 1. The van der Waals surface area contributed by atoms with Gasteiger partial charge in [0.05, 0.1) is 6.42 Å². The van der Waals surface area contributed by atoms with Crippen molar-refractivity contribution >= 4 is 5.97 Å². The molecule has 11 heavy (non-hydrogen) atoms. The molecule has 1 fully saturated rings. The van der Waals surface area contributed by atoms with Gasteiger partial charge in [0.15, 0.2) is 0 Å². The van der Waals surface area contributed by atoms with E-state index in [0.717, 1.165) is 13.1 Å². The van der Waals surface area contributed by atoms with Crippen LogP contribution in [0.15, 0.2) is 0 Å². The summed E-state index contributed by atoms with van der Waals surface area (Å²) in [6, 6.07) is 0.388. The van der Waals surface area contributed by atoms with Gasteiger partial charge in [0.1, 0.15) is 0 Å². The van der Waals surface area contributed by atoms with E-state index in [2.05, 4.69) is 4.90 Å². The van der Waals surface area contributed by atoms with E-state index < -0.39 is 5.97 Å². The number of hydrogen-bond donors (Lipinski definition) is 2. The third-order valence-electron chi connectivity index (χ3n) is 2.03. The number of carbonyl (C=O) groups is 1. The summed E-state index contributed by atoms with van der Waals surface area (Å²) >= 11 is 0. The Morgan fingerprint density at radius 3 is 2.73 bits per heavy atom. The number of carboxylic acid groups (broad SMARTS) is 1. The number of nitrogens with zero attached hydrogens (tertiary/aromatic N) is 1. The van der Waals surface area contributed by atoms with Gasteiger partial charge in [-0.15, -0.1) is 0 Å². The Kier molecular flexibility index (Phi) is 2.46. The molecule has 4 heteroatoms. The summed E-state index contributed by atoms with van der Waals surface area (Å²) in [7, 11) is 0. The largest absolute Gasteiger partial charge is 0.481 e. The van der Waals surface area contributed by atoms with Gasteiger partial charge in [-0.1, -0.05) is 0 Å². The van der Waals surface area contributed by atoms with E-state index >= 15 is 0 Å². The van der Waals surface area contributed by atoms with E-state index in [1.165, 1.54) is 0 Å². The van der Waals surface area contributed by atoms with Gasteiger partial charge in [-0.2, -0.15) is 0 Å². The summed E-state index contributed by atoms with van der Waals surface area (Å²) in [6.45, 7) is 3.60. The first-order valence-corrected chi connectivity index (χ1v) is 3.81. The van der Waals surface area contributed by atoms with Crippen LogP contribution in [0, 0.1) is 0 Å². The van der Waals surface area contributed by atoms with Gasteiger partial charge in [-0.25, -0.2) is 0 Å². The molecule has 0 aromatic heterocycles. The van der Waals surface area contributed by atoms with Crippen molar-refractivity contribution in [1.29, 1.82) is 0 Å². The van der Waals surface area contributed by atoms with Gasteiger partial charge in [0.25, 0.3) is 0 Å². The van der Waals surface area contributed by atoms with Crippen molar-refractivity contribution in [3.63, 3.8) is 0 Å². The molecule has 0 aliphatic carbocycles. The minimum Gasteiger partial charge on any atom is -0.481 e. The SMILES string of the molecule is CC(CC(=O)O)N1CC(N)C1. The molecule has 0 radical (unpaired) electrons. The Balaban J connectivity index is 2.21. The molecule has 4 nitrogen and oxygen atoms in total. The second kappa shape index (κ2) is 3.19. The molecule has 1 aliphatic heterocycles. The van der Waals surface area contributed by atoms with Crippen molar-refractivity contribution < 1.29 is 9.90 Å². The van der Waals surface area contributed by atoms with Crippen LogP contribution in [0.3, 0.4) is 0 Å². The minimum absolute atomic E-state index is 0.132. The highest BCUT2D eigenvalue weighted by Gasteiger charge is 2.28. The normalized spacial score (nSPS) is 22.7. The van der Waals surface area contributed by atoms with Crippen molar-refractivity contribution in [2.24, 2.45) is 5.73 Å². The summed E-state index contributed by atoms with van der Waals surface area (Å²) in [6.07, 6.45) is 0.215. The van der Waals surface area contributed by atoms with Gasteiger partial charge in [-0.3, -0.25) is 9.69 Å². The number of aliphatic carboxylic acids is 1. The molecule has 3 N–H and O–H groups in total. The van der Waals surface area contributed by atoms with Crippen LogP contribution in [-0.4, -0.2) is 41.1 Å². The lowest BCUT2D eigenvalue weighted by Crippen LogP contribution is -2.58. The highest BCUT2D eigenvalue weighted by Crippen LogP contribution is 2.12. The number of rotatable bonds is 3. The molecule has 0 aromatic rings. The van der Waals surface area contributed by atoms with E-state index in [1.54, 1.807) is 0 Å². The molecule has 1 heterocycles. The zero-order valence-corrected chi connectivity index (χ0v) is 6.66. The van der Waals surface area contributed by atoms with Gasteiger partial charge in [0.2, 0.25) is 0 Å². The lowest BCUT2D eigenvalue weighted by atomic mass is 10.1. The van der Waals surface area contributed by atoms with Gasteiger partial charge < -0.3 is 10.8 Å². The Labute approximate surface area is 66.0 Å². The molecule has 1 atom stereocenters. The third kappa shape index (κ3) is 2.17. The average molecular weight is 158 g/mol. The second-order valence-corrected chi connectivity index (χ2v) is 3.16. The summed E-state index contributed by atoms with van der Waals surface area (Å²) < 4.78 is 0. The van der Waals surface area contributed by atoms with Gasteiger partial charge in [0, 0.05) is 25.2 Å². The highest BCUT2D eigenvalue weighted by molar-refractivity contribution is 5.67. The zero-order valence-electron chi connectivity index (χ0n) is 6.66. The first-order valence-electron chi connectivity index (χ1n) is 3.81. The molecule has 0 aromatic carbocycles. The van der Waals surface area contributed by atoms with Crippen molar-refractivity contribution in [2.75, 3.05) is 13.1 Å². The van der Waals surface area contributed by atoms with Crippen LogP contribution in [0.1, 0.15) is 13.3 Å². The Bertz CT molecular complexity index is 155. The quantitative estimate of drug-likeness (QED) is 0.580. The number of hydrogen-bond acceptors (Lipinski definition) is 3. The van der Waals surface area contributed by atoms with Crippen LogP contribution in [0.2, 0.25) is 0 Å². The Morgan fingerprint density at radius 1 is 1.82 bits per heavy atom. The Morgan fingerprint density at radius 2 is 2.36 bits per heavy atom. The van der Waals surface area contributed by atoms with Crippen molar-refractivity contribution in [2.45, 2.75) is 25.4 Å². The predicted molar refractivity (Wildman–Crippen MR) is 41.3 cm³/mol. The average Bonchev–Trinajstić information content (AvgIpc) is 1.79. The van der Waals surface area contributed by atoms with Crippen LogP contribution in [-0.2, 0) is 4.79 Å². The van der Waals surface area contributed by atoms with Crippen LogP contribution >= 0.6 is 0 Å². The van der Waals surface area contributed by atoms with E-state index in [9.17, 15) is 4.79 Å². The molecule has 1 rings (SSSR count). The van der Waals surface area contributed by atoms with Crippen LogP contribution in [0.4, 0.5) is 0 Å². The summed E-state index contributed by atoms with van der Waals surface area (Å²) in [5, 5.41) is 8.46. The molecule has 1 saturated heterocycles. The first-order chi connectivity index (χ1) is 5.09. The van der Waals surface area contributed by atoms with Gasteiger partial charge in [-0.05, 0) is 6.92 Å². The van der Waals surface area contributed by atoms with Crippen molar-refractivity contribution in [1.82, 2.24) is 4.90 Å². The third-order valence-corrected chi connectivity index (χ3v) is 2.03. The monoisotopic (exact) mass is 158 g/mol. The standard InChI is InChI=1S/C7H14N2O2/c1-5(2-7(10)11)9-3-6(8)4-9/h5-6H,2-4,8H2,1H3,(H,10,11). The molecule has 64 valence electrons. The summed E-state index contributed by atoms with van der Waals surface area (Å²) in [5.74, 6) is -0.738. The molecule has 1 aliphatic rings. The van der Waals surface area contributed by atoms with Gasteiger partial charge >= 0.3 is 5.97 Å².